The molecule has 0 unspecified atom stereocenters. The highest BCUT2D eigenvalue weighted by Gasteiger charge is 2.22. The van der Waals surface area contributed by atoms with Gasteiger partial charge in [-0.05, 0) is 12.1 Å². The summed E-state index contributed by atoms with van der Waals surface area (Å²) in [6, 6.07) is 3.28. The Bertz CT molecular complexity index is 892. The molecule has 1 aromatic carbocycles. The van der Waals surface area contributed by atoms with Crippen LogP contribution < -0.4 is 5.43 Å². The highest BCUT2D eigenvalue weighted by Crippen LogP contribution is 2.42. The summed E-state index contributed by atoms with van der Waals surface area (Å²) in [4.78, 5) is 16.7. The van der Waals surface area contributed by atoms with Crippen molar-refractivity contribution in [3.05, 3.63) is 47.5 Å². The van der Waals surface area contributed by atoms with Gasteiger partial charge in [0.1, 0.15) is 15.7 Å². The fraction of sp³-hybridized carbons (Fsp3) is 0. The number of rotatable bonds is 0. The normalized spacial score (nSPS) is 11.4. The highest BCUT2D eigenvalue weighted by atomic mass is 35.5. The number of hydrogen-bond donors (Lipinski definition) is 0. The second-order valence-electron chi connectivity index (χ2n) is 3.90. The second-order valence-corrected chi connectivity index (χ2v) is 6.93. The number of benzene rings is 2. The quantitative estimate of drug-likeness (QED) is 0.349. The zero-order valence-corrected chi connectivity index (χ0v) is 13.9. The molecule has 0 fully saturated rings. The smallest absolute Gasteiger partial charge is 0.218 e. The van der Waals surface area contributed by atoms with Crippen LogP contribution in [0.15, 0.2) is 16.9 Å². The molecule has 102 valence electrons. The molecule has 0 atom stereocenters. The number of nitrogens with zero attached hydrogens (tertiary/aromatic N) is 1. The molecule has 0 aromatic heterocycles. The summed E-state index contributed by atoms with van der Waals surface area (Å²) >= 11 is 31.3. The van der Waals surface area contributed by atoms with Crippen molar-refractivity contribution in [2.75, 3.05) is 0 Å². The third kappa shape index (κ3) is 2.17. The molecule has 0 saturated heterocycles. The summed E-state index contributed by atoms with van der Waals surface area (Å²) in [5.74, 6) is 0. The molecular weight excluding hydrogens is 383 g/mol. The van der Waals surface area contributed by atoms with Gasteiger partial charge in [-0.2, -0.15) is 0 Å². The van der Waals surface area contributed by atoms with E-state index in [-0.39, 0.29) is 15.1 Å². The minimum Gasteiger partial charge on any atom is -0.286 e. The molecule has 0 amide bonds. The maximum Gasteiger partial charge on any atom is 0.218 e. The summed E-state index contributed by atoms with van der Waals surface area (Å²) in [5, 5.41) is 0.775. The van der Waals surface area contributed by atoms with E-state index in [4.69, 9.17) is 58.0 Å². The van der Waals surface area contributed by atoms with Crippen LogP contribution in [-0.2, 0) is 0 Å². The minimum atomic E-state index is -0.517. The van der Waals surface area contributed by atoms with Gasteiger partial charge in [-0.3, -0.25) is 4.79 Å². The number of halogens is 5. The maximum atomic E-state index is 11.9. The Balaban J connectivity index is 2.59. The molecule has 1 heterocycles. The van der Waals surface area contributed by atoms with Crippen LogP contribution in [0.2, 0.25) is 25.1 Å². The number of hydrogen-bond acceptors (Lipinski definition) is 3. The van der Waals surface area contributed by atoms with Crippen molar-refractivity contribution in [3.63, 3.8) is 0 Å². The Kier molecular flexibility index (Phi) is 3.78. The number of fused-ring (bicyclic) bond motifs is 2. The van der Waals surface area contributed by atoms with Crippen molar-refractivity contribution in [2.45, 2.75) is 0 Å². The predicted molar refractivity (Wildman–Crippen MR) is 87.6 cm³/mol. The maximum absolute atomic E-state index is 11.9. The minimum absolute atomic E-state index is 0.00935. The predicted octanol–water partition coefficient (Wildman–Crippen LogP) is 6.03. The third-order valence-corrected chi connectivity index (χ3v) is 5.58. The summed E-state index contributed by atoms with van der Waals surface area (Å²) < 4.78 is 0.703. The van der Waals surface area contributed by atoms with Crippen molar-refractivity contribution >= 4 is 79.6 Å². The summed E-state index contributed by atoms with van der Waals surface area (Å²) in [5.41, 5.74) is 0.362. The van der Waals surface area contributed by atoms with Crippen LogP contribution in [0.3, 0.4) is 0 Å². The van der Waals surface area contributed by atoms with Crippen LogP contribution in [0.5, 0.6) is 0 Å². The van der Waals surface area contributed by atoms with Crippen molar-refractivity contribution < 1.29 is 0 Å². The van der Waals surface area contributed by atoms with Crippen molar-refractivity contribution in [1.29, 1.82) is 0 Å². The standard InChI is InChI=1S/C12H2Cl5NOS/c13-3-1-4(14)9-5(2-3)20-12-8(17)11(19)7(16)6(15)10(12)18-9/h1-2H. The summed E-state index contributed by atoms with van der Waals surface area (Å²) in [7, 11) is 0. The van der Waals surface area contributed by atoms with Gasteiger partial charge in [-0.1, -0.05) is 58.0 Å². The van der Waals surface area contributed by atoms with Gasteiger partial charge in [0.25, 0.3) is 0 Å². The molecule has 2 aliphatic rings. The topological polar surface area (TPSA) is 30.0 Å². The van der Waals surface area contributed by atoms with Crippen molar-refractivity contribution in [2.24, 2.45) is 0 Å². The van der Waals surface area contributed by atoms with E-state index in [9.17, 15) is 4.79 Å². The lowest BCUT2D eigenvalue weighted by molar-refractivity contribution is 1.41. The lowest BCUT2D eigenvalue weighted by Crippen LogP contribution is -2.06. The molecule has 0 saturated carbocycles. The average Bonchev–Trinajstić information content (AvgIpc) is 2.41. The lowest BCUT2D eigenvalue weighted by atomic mass is 10.2. The van der Waals surface area contributed by atoms with E-state index in [0.29, 0.717) is 30.8 Å². The molecule has 0 spiro atoms. The molecule has 1 aliphatic heterocycles. The largest absolute Gasteiger partial charge is 0.286 e. The molecule has 0 radical (unpaired) electrons. The van der Waals surface area contributed by atoms with Gasteiger partial charge in [-0.15, -0.1) is 11.3 Å². The van der Waals surface area contributed by atoms with E-state index in [0.717, 1.165) is 0 Å². The van der Waals surface area contributed by atoms with Gasteiger partial charge in [-0.25, -0.2) is 4.98 Å². The van der Waals surface area contributed by atoms with Gasteiger partial charge >= 0.3 is 0 Å². The van der Waals surface area contributed by atoms with Crippen LogP contribution in [0.4, 0.5) is 0 Å². The fourth-order valence-corrected chi connectivity index (χ4v) is 4.30. The van der Waals surface area contributed by atoms with Crippen molar-refractivity contribution in [1.82, 2.24) is 4.98 Å². The first-order valence-electron chi connectivity index (χ1n) is 5.16. The first-order chi connectivity index (χ1) is 9.40. The molecular formula is C12H2Cl5NOS. The molecule has 20 heavy (non-hydrogen) atoms. The van der Waals surface area contributed by atoms with Crippen LogP contribution in [-0.4, -0.2) is 4.98 Å². The second kappa shape index (κ2) is 5.16. The molecule has 2 nitrogen and oxygen atoms in total. The number of aromatic nitrogens is 1. The molecule has 8 heteroatoms. The van der Waals surface area contributed by atoms with Gasteiger partial charge in [0.15, 0.2) is 0 Å². The zero-order chi connectivity index (χ0) is 14.6. The SMILES string of the molecule is O=c1c(Cl)c2sc3cc(Cl)cc(Cl)c3nc-2c(Cl)c1Cl. The lowest BCUT2D eigenvalue weighted by Gasteiger charge is -2.11. The van der Waals surface area contributed by atoms with Gasteiger partial charge in [0, 0.05) is 5.02 Å². The van der Waals surface area contributed by atoms with E-state index < -0.39 is 5.43 Å². The summed E-state index contributed by atoms with van der Waals surface area (Å²) in [6.07, 6.45) is 0. The highest BCUT2D eigenvalue weighted by molar-refractivity contribution is 7.22. The average molecular weight is 385 g/mol. The van der Waals surface area contributed by atoms with Gasteiger partial charge in [0.05, 0.1) is 25.1 Å². The van der Waals surface area contributed by atoms with Gasteiger partial charge < -0.3 is 0 Å². The Morgan fingerprint density at radius 1 is 0.950 bits per heavy atom. The summed E-state index contributed by atoms with van der Waals surface area (Å²) in [6.45, 7) is 0. The Hall–Kier alpha value is -0.290. The van der Waals surface area contributed by atoms with Gasteiger partial charge in [0.2, 0.25) is 5.43 Å². The Morgan fingerprint density at radius 2 is 1.65 bits per heavy atom. The third-order valence-electron chi connectivity index (χ3n) is 2.64. The van der Waals surface area contributed by atoms with Crippen LogP contribution in [0, 0.1) is 0 Å². The molecule has 0 N–H and O–H groups in total. The van der Waals surface area contributed by atoms with Crippen LogP contribution >= 0.6 is 69.3 Å². The monoisotopic (exact) mass is 383 g/mol. The van der Waals surface area contributed by atoms with E-state index in [1.165, 1.54) is 11.3 Å². The molecule has 0 bridgehead atoms. The van der Waals surface area contributed by atoms with E-state index in [2.05, 4.69) is 4.98 Å². The Morgan fingerprint density at radius 3 is 2.35 bits per heavy atom. The van der Waals surface area contributed by atoms with Crippen LogP contribution in [0.25, 0.3) is 20.8 Å². The van der Waals surface area contributed by atoms with E-state index in [1.54, 1.807) is 12.1 Å². The Labute approximate surface area is 142 Å². The fourth-order valence-electron chi connectivity index (χ4n) is 1.75. The molecule has 3 rings (SSSR count). The van der Waals surface area contributed by atoms with E-state index >= 15 is 0 Å². The molecule has 1 aliphatic carbocycles. The van der Waals surface area contributed by atoms with Crippen LogP contribution in [0.1, 0.15) is 0 Å². The first kappa shape index (κ1) is 14.6. The first-order valence-corrected chi connectivity index (χ1v) is 7.87. The van der Waals surface area contributed by atoms with E-state index in [1.807, 2.05) is 0 Å². The molecule has 1 aromatic rings. The zero-order valence-electron chi connectivity index (χ0n) is 9.31. The van der Waals surface area contributed by atoms with Crippen molar-refractivity contribution in [3.8, 4) is 10.6 Å².